The fourth-order valence-electron chi connectivity index (χ4n) is 1.96. The predicted molar refractivity (Wildman–Crippen MR) is 69.9 cm³/mol. The van der Waals surface area contributed by atoms with Crippen molar-refractivity contribution in [3.63, 3.8) is 0 Å². The molecule has 3 rings (SSSR count). The molecule has 0 amide bonds. The molecule has 3 nitrogen and oxygen atoms in total. The quantitative estimate of drug-likeness (QED) is 0.746. The number of pyridine rings is 1. The van der Waals surface area contributed by atoms with Gasteiger partial charge < -0.3 is 9.51 Å². The van der Waals surface area contributed by atoms with Crippen molar-refractivity contribution in [3.05, 3.63) is 50.3 Å². The SMILES string of the molecule is O=c1cc2scc(CO)n2c2cc(Cl)c(F)cc12. The molecule has 0 bridgehead atoms. The number of thiazole rings is 1. The Labute approximate surface area is 110 Å². The minimum atomic E-state index is -0.623. The normalized spacial score (nSPS) is 11.5. The Morgan fingerprint density at radius 1 is 1.39 bits per heavy atom. The number of nitrogens with zero attached hydrogens (tertiary/aromatic N) is 1. The molecule has 0 saturated heterocycles. The van der Waals surface area contributed by atoms with E-state index in [4.69, 9.17) is 11.6 Å². The topological polar surface area (TPSA) is 41.7 Å². The molecule has 1 aromatic carbocycles. The van der Waals surface area contributed by atoms with Crippen molar-refractivity contribution in [2.45, 2.75) is 6.61 Å². The Hall–Kier alpha value is -1.43. The van der Waals surface area contributed by atoms with E-state index < -0.39 is 5.82 Å². The summed E-state index contributed by atoms with van der Waals surface area (Å²) in [6.45, 7) is -0.160. The van der Waals surface area contributed by atoms with Gasteiger partial charge in [0.15, 0.2) is 5.43 Å². The molecule has 0 fully saturated rings. The minimum absolute atomic E-state index is 0.0445. The highest BCUT2D eigenvalue weighted by Gasteiger charge is 2.12. The van der Waals surface area contributed by atoms with Crippen molar-refractivity contribution >= 4 is 38.7 Å². The third kappa shape index (κ3) is 1.55. The van der Waals surface area contributed by atoms with Gasteiger partial charge in [0.2, 0.25) is 0 Å². The fraction of sp³-hybridized carbons (Fsp3) is 0.0833. The van der Waals surface area contributed by atoms with Gasteiger partial charge in [0.05, 0.1) is 22.8 Å². The van der Waals surface area contributed by atoms with Crippen molar-refractivity contribution in [1.82, 2.24) is 4.40 Å². The Balaban J connectivity index is 2.62. The summed E-state index contributed by atoms with van der Waals surface area (Å²) in [7, 11) is 0. The molecule has 0 spiro atoms. The van der Waals surface area contributed by atoms with E-state index in [1.165, 1.54) is 23.5 Å². The van der Waals surface area contributed by atoms with Crippen molar-refractivity contribution < 1.29 is 9.50 Å². The van der Waals surface area contributed by atoms with Crippen LogP contribution in [0.25, 0.3) is 15.7 Å². The van der Waals surface area contributed by atoms with Crippen molar-refractivity contribution in [2.75, 3.05) is 0 Å². The van der Waals surface area contributed by atoms with Crippen LogP contribution >= 0.6 is 22.9 Å². The van der Waals surface area contributed by atoms with Crippen LogP contribution in [0.2, 0.25) is 5.02 Å². The summed E-state index contributed by atoms with van der Waals surface area (Å²) in [5.74, 6) is -0.623. The molecule has 1 N–H and O–H groups in total. The Kier molecular flexibility index (Phi) is 2.62. The first-order valence-electron chi connectivity index (χ1n) is 5.13. The maximum absolute atomic E-state index is 13.4. The van der Waals surface area contributed by atoms with E-state index in [9.17, 15) is 14.3 Å². The van der Waals surface area contributed by atoms with Gasteiger partial charge in [0.1, 0.15) is 10.6 Å². The number of rotatable bonds is 1. The van der Waals surface area contributed by atoms with Gasteiger partial charge >= 0.3 is 0 Å². The molecule has 0 aliphatic heterocycles. The highest BCUT2D eigenvalue weighted by Crippen LogP contribution is 2.25. The smallest absolute Gasteiger partial charge is 0.190 e. The molecule has 0 aliphatic carbocycles. The molecule has 2 heterocycles. The second-order valence-corrected chi connectivity index (χ2v) is 5.15. The Morgan fingerprint density at radius 2 is 2.17 bits per heavy atom. The number of aromatic nitrogens is 1. The largest absolute Gasteiger partial charge is 0.390 e. The van der Waals surface area contributed by atoms with Gasteiger partial charge in [-0.25, -0.2) is 4.39 Å². The summed E-state index contributed by atoms with van der Waals surface area (Å²) in [4.78, 5) is 12.6. The lowest BCUT2D eigenvalue weighted by atomic mass is 10.2. The predicted octanol–water partition coefficient (Wildman–Crippen LogP) is 2.80. The van der Waals surface area contributed by atoms with Crippen LogP contribution in [0, 0.1) is 5.82 Å². The molecular formula is C12H7ClFNO2S. The first kappa shape index (κ1) is 11.6. The van der Waals surface area contributed by atoms with Crippen molar-refractivity contribution in [1.29, 1.82) is 0 Å². The molecule has 18 heavy (non-hydrogen) atoms. The molecular weight excluding hydrogens is 277 g/mol. The number of hydrogen-bond donors (Lipinski definition) is 1. The number of aliphatic hydroxyl groups excluding tert-OH is 1. The fourth-order valence-corrected chi connectivity index (χ4v) is 3.05. The molecule has 6 heteroatoms. The number of halogens is 2. The average molecular weight is 284 g/mol. The third-order valence-corrected chi connectivity index (χ3v) is 4.01. The summed E-state index contributed by atoms with van der Waals surface area (Å²) in [5.41, 5.74) is 0.892. The lowest BCUT2D eigenvalue weighted by molar-refractivity contribution is 0.276. The zero-order valence-corrected chi connectivity index (χ0v) is 10.6. The van der Waals surface area contributed by atoms with Gasteiger partial charge in [-0.1, -0.05) is 11.6 Å². The van der Waals surface area contributed by atoms with Crippen molar-refractivity contribution in [2.24, 2.45) is 0 Å². The third-order valence-electron chi connectivity index (χ3n) is 2.78. The van der Waals surface area contributed by atoms with Crippen LogP contribution < -0.4 is 5.43 Å². The van der Waals surface area contributed by atoms with Gasteiger partial charge in [-0.15, -0.1) is 11.3 Å². The highest BCUT2D eigenvalue weighted by atomic mass is 35.5. The van der Waals surface area contributed by atoms with E-state index in [0.717, 1.165) is 6.07 Å². The van der Waals surface area contributed by atoms with Gasteiger partial charge in [0.25, 0.3) is 0 Å². The van der Waals surface area contributed by atoms with E-state index in [1.54, 1.807) is 9.78 Å². The molecule has 0 aliphatic rings. The first-order chi connectivity index (χ1) is 8.61. The standard InChI is InChI=1S/C12H7ClFNO2S/c13-8-2-10-7(1-9(8)14)11(17)3-12-15(10)6(4-16)5-18-12/h1-3,5,16H,4H2. The van der Waals surface area contributed by atoms with Crippen LogP contribution in [-0.2, 0) is 6.61 Å². The van der Waals surface area contributed by atoms with E-state index in [2.05, 4.69) is 0 Å². The van der Waals surface area contributed by atoms with Crippen molar-refractivity contribution in [3.8, 4) is 0 Å². The van der Waals surface area contributed by atoms with Gasteiger partial charge in [-0.2, -0.15) is 0 Å². The molecule has 0 unspecified atom stereocenters. The van der Waals surface area contributed by atoms with E-state index in [1.807, 2.05) is 0 Å². The van der Waals surface area contributed by atoms with Crippen LogP contribution in [0.15, 0.2) is 28.4 Å². The molecule has 0 radical (unpaired) electrons. The summed E-state index contributed by atoms with van der Waals surface area (Å²) < 4.78 is 15.1. The Morgan fingerprint density at radius 3 is 2.89 bits per heavy atom. The number of aliphatic hydroxyl groups is 1. The van der Waals surface area contributed by atoms with Crippen LogP contribution in [-0.4, -0.2) is 9.51 Å². The maximum atomic E-state index is 13.4. The monoisotopic (exact) mass is 283 g/mol. The van der Waals surface area contributed by atoms with Crippen LogP contribution in [0.4, 0.5) is 4.39 Å². The number of benzene rings is 1. The van der Waals surface area contributed by atoms with Gasteiger partial charge in [-0.3, -0.25) is 4.79 Å². The summed E-state index contributed by atoms with van der Waals surface area (Å²) in [5, 5.41) is 11.2. The average Bonchev–Trinajstić information content (AvgIpc) is 2.74. The zero-order valence-electron chi connectivity index (χ0n) is 8.98. The lowest BCUT2D eigenvalue weighted by Crippen LogP contribution is -2.05. The summed E-state index contributed by atoms with van der Waals surface area (Å²) in [6, 6.07) is 3.97. The first-order valence-corrected chi connectivity index (χ1v) is 6.39. The summed E-state index contributed by atoms with van der Waals surface area (Å²) >= 11 is 7.10. The van der Waals surface area contributed by atoms with E-state index in [-0.39, 0.29) is 22.4 Å². The van der Waals surface area contributed by atoms with Gasteiger partial charge in [-0.05, 0) is 12.1 Å². The van der Waals surface area contributed by atoms with Gasteiger partial charge in [0, 0.05) is 16.8 Å². The second-order valence-electron chi connectivity index (χ2n) is 3.85. The van der Waals surface area contributed by atoms with E-state index in [0.29, 0.717) is 16.0 Å². The Bertz CT molecular complexity index is 824. The van der Waals surface area contributed by atoms with Crippen LogP contribution in [0.5, 0.6) is 0 Å². The van der Waals surface area contributed by atoms with Crippen LogP contribution in [0.1, 0.15) is 5.69 Å². The van der Waals surface area contributed by atoms with Crippen LogP contribution in [0.3, 0.4) is 0 Å². The molecule has 92 valence electrons. The second kappa shape index (κ2) is 4.05. The lowest BCUT2D eigenvalue weighted by Gasteiger charge is -2.05. The highest BCUT2D eigenvalue weighted by molar-refractivity contribution is 7.15. The number of hydrogen-bond acceptors (Lipinski definition) is 3. The molecule has 2 aromatic heterocycles. The van der Waals surface area contributed by atoms with E-state index >= 15 is 0 Å². The molecule has 0 saturated carbocycles. The number of fused-ring (bicyclic) bond motifs is 3. The zero-order chi connectivity index (χ0) is 12.9. The molecule has 3 aromatic rings. The summed E-state index contributed by atoms with van der Waals surface area (Å²) in [6.07, 6.45) is 0. The molecule has 0 atom stereocenters. The maximum Gasteiger partial charge on any atom is 0.190 e. The minimum Gasteiger partial charge on any atom is -0.390 e.